The molecular formula is C23H12ClF10N3O3. The monoisotopic (exact) mass is 603 g/mol. The largest absolute Gasteiger partial charge is 0.435 e. The topological polar surface area (TPSA) is 80.3 Å². The number of benzene rings is 2. The number of carbonyl (C=O) groups excluding carboxylic acids is 2. The van der Waals surface area contributed by atoms with Crippen molar-refractivity contribution in [1.82, 2.24) is 4.98 Å². The fraction of sp³-hybridized carbons (Fsp3) is 0.174. The summed E-state index contributed by atoms with van der Waals surface area (Å²) in [6.45, 7) is -3.89. The summed E-state index contributed by atoms with van der Waals surface area (Å²) >= 11 is 5.67. The number of hydrogen-bond donors (Lipinski definition) is 2. The highest BCUT2D eigenvalue weighted by Gasteiger charge is 2.73. The molecule has 0 saturated heterocycles. The van der Waals surface area contributed by atoms with Crippen molar-refractivity contribution in [3.8, 4) is 5.75 Å². The van der Waals surface area contributed by atoms with E-state index in [9.17, 15) is 49.1 Å². The van der Waals surface area contributed by atoms with Gasteiger partial charge in [0.15, 0.2) is 11.6 Å². The van der Waals surface area contributed by atoms with Crippen LogP contribution in [0.15, 0.2) is 54.9 Å². The van der Waals surface area contributed by atoms with Crippen molar-refractivity contribution in [2.24, 2.45) is 0 Å². The summed E-state index contributed by atoms with van der Waals surface area (Å²) < 4.78 is 138. The summed E-state index contributed by atoms with van der Waals surface area (Å²) in [5.41, 5.74) is -10.9. The molecule has 6 nitrogen and oxygen atoms in total. The zero-order chi connectivity index (χ0) is 30.0. The Kier molecular flexibility index (Phi) is 8.52. The maximum Gasteiger partial charge on any atom is 0.435 e. The van der Waals surface area contributed by atoms with E-state index in [0.717, 1.165) is 18.2 Å². The molecule has 0 unspecified atom stereocenters. The minimum atomic E-state index is -6.62. The van der Waals surface area contributed by atoms with Gasteiger partial charge in [-0.25, -0.2) is 8.78 Å². The van der Waals surface area contributed by atoms with E-state index in [1.54, 1.807) is 5.32 Å². The second-order valence-electron chi connectivity index (χ2n) is 7.67. The van der Waals surface area contributed by atoms with Crippen molar-refractivity contribution in [3.05, 3.63) is 82.4 Å². The summed E-state index contributed by atoms with van der Waals surface area (Å²) in [7, 11) is 0. The summed E-state index contributed by atoms with van der Waals surface area (Å²) in [5, 5.41) is 2.60. The van der Waals surface area contributed by atoms with Gasteiger partial charge in [-0.1, -0.05) is 17.7 Å². The number of carbonyl (C=O) groups is 2. The Bertz CT molecular complexity index is 1400. The second kappa shape index (κ2) is 11.2. The molecule has 0 atom stereocenters. The Labute approximate surface area is 221 Å². The average molecular weight is 604 g/mol. The van der Waals surface area contributed by atoms with E-state index in [1.165, 1.54) is 24.5 Å². The minimum Gasteiger partial charge on any atom is -0.433 e. The van der Waals surface area contributed by atoms with Gasteiger partial charge in [0.1, 0.15) is 5.69 Å². The Morgan fingerprint density at radius 3 is 2.02 bits per heavy atom. The molecule has 0 saturated carbocycles. The van der Waals surface area contributed by atoms with Crippen molar-refractivity contribution >= 4 is 34.8 Å². The Morgan fingerprint density at radius 1 is 0.875 bits per heavy atom. The molecule has 2 aromatic carbocycles. The van der Waals surface area contributed by atoms with Crippen LogP contribution in [0.25, 0.3) is 0 Å². The number of anilines is 2. The van der Waals surface area contributed by atoms with Gasteiger partial charge in [-0.2, -0.15) is 35.1 Å². The van der Waals surface area contributed by atoms with Crippen LogP contribution in [0.2, 0.25) is 5.02 Å². The summed E-state index contributed by atoms with van der Waals surface area (Å²) in [4.78, 5) is 28.7. The van der Waals surface area contributed by atoms with Gasteiger partial charge in [0, 0.05) is 23.5 Å². The van der Waals surface area contributed by atoms with Crippen LogP contribution in [0, 0.1) is 5.82 Å². The first-order valence-electron chi connectivity index (χ1n) is 10.4. The van der Waals surface area contributed by atoms with Crippen molar-refractivity contribution in [2.75, 3.05) is 10.6 Å². The Balaban J connectivity index is 2.02. The van der Waals surface area contributed by atoms with E-state index in [1.807, 2.05) is 0 Å². The molecule has 1 heterocycles. The van der Waals surface area contributed by atoms with Crippen LogP contribution in [0.5, 0.6) is 5.75 Å². The normalized spacial score (nSPS) is 12.3. The van der Waals surface area contributed by atoms with Gasteiger partial charge in [-0.05, 0) is 36.4 Å². The number of nitrogens with zero attached hydrogens (tertiary/aromatic N) is 1. The number of alkyl halides is 9. The van der Waals surface area contributed by atoms with Gasteiger partial charge in [-0.15, -0.1) is 0 Å². The standard InChI is InChI=1S/C23H12ClF10N3O3/c24-13-8-11(21(28,22(29,30)31)23(32,33)34)9-15(40-20(26)27)17(13)37-19(39)12-2-1-3-14(16(12)25)36-18(38)10-4-6-35-7-5-10/h1-9,20H,(H,36,38)(H,37,39). The summed E-state index contributed by atoms with van der Waals surface area (Å²) in [5.74, 6) is -5.30. The predicted octanol–water partition coefficient (Wildman–Crippen LogP) is 7.27. The molecule has 40 heavy (non-hydrogen) atoms. The smallest absolute Gasteiger partial charge is 0.433 e. The third-order valence-electron chi connectivity index (χ3n) is 5.12. The molecule has 17 heteroatoms. The maximum atomic E-state index is 15.0. The predicted molar refractivity (Wildman–Crippen MR) is 120 cm³/mol. The van der Waals surface area contributed by atoms with Gasteiger partial charge >= 0.3 is 24.6 Å². The van der Waals surface area contributed by atoms with E-state index in [0.29, 0.717) is 0 Å². The molecule has 0 spiro atoms. The van der Waals surface area contributed by atoms with Crippen molar-refractivity contribution in [3.63, 3.8) is 0 Å². The van der Waals surface area contributed by atoms with Crippen molar-refractivity contribution in [1.29, 1.82) is 0 Å². The lowest BCUT2D eigenvalue weighted by molar-refractivity contribution is -0.348. The number of rotatable bonds is 7. The first-order chi connectivity index (χ1) is 18.5. The van der Waals surface area contributed by atoms with Crippen LogP contribution >= 0.6 is 11.6 Å². The molecule has 0 bridgehead atoms. The van der Waals surface area contributed by atoms with Crippen LogP contribution in [0.1, 0.15) is 26.3 Å². The number of halogens is 11. The SMILES string of the molecule is O=C(Nc1cccc(C(=O)Nc2c(Cl)cc(C(F)(C(F)(F)F)C(F)(F)F)cc2OC(F)F)c1F)c1ccncc1. The molecule has 214 valence electrons. The van der Waals surface area contributed by atoms with Crippen molar-refractivity contribution in [2.45, 2.75) is 24.6 Å². The third-order valence-corrected chi connectivity index (χ3v) is 5.42. The number of nitrogens with one attached hydrogen (secondary N) is 2. The molecule has 0 aliphatic rings. The zero-order valence-electron chi connectivity index (χ0n) is 19.1. The maximum absolute atomic E-state index is 15.0. The molecule has 0 aliphatic carbocycles. The van der Waals surface area contributed by atoms with Gasteiger partial charge < -0.3 is 15.4 Å². The van der Waals surface area contributed by atoms with E-state index in [-0.39, 0.29) is 17.7 Å². The quantitative estimate of drug-likeness (QED) is 0.279. The van der Waals surface area contributed by atoms with E-state index in [4.69, 9.17) is 11.6 Å². The minimum absolute atomic E-state index is 0.0477. The molecule has 0 fully saturated rings. The summed E-state index contributed by atoms with van der Waals surface area (Å²) in [6.07, 6.45) is -10.7. The van der Waals surface area contributed by atoms with Gasteiger partial charge in [0.25, 0.3) is 11.8 Å². The molecule has 3 aromatic rings. The lowest BCUT2D eigenvalue weighted by Gasteiger charge is -2.31. The van der Waals surface area contributed by atoms with Crippen LogP contribution in [-0.2, 0) is 5.67 Å². The lowest BCUT2D eigenvalue weighted by atomic mass is 9.93. The second-order valence-corrected chi connectivity index (χ2v) is 8.08. The van der Waals surface area contributed by atoms with Gasteiger partial charge in [0.2, 0.25) is 0 Å². The molecule has 1 aromatic heterocycles. The molecular weight excluding hydrogens is 592 g/mol. The average Bonchev–Trinajstić information content (AvgIpc) is 2.85. The highest BCUT2D eigenvalue weighted by molar-refractivity contribution is 6.34. The van der Waals surface area contributed by atoms with Crippen LogP contribution < -0.4 is 15.4 Å². The molecule has 0 radical (unpaired) electrons. The van der Waals surface area contributed by atoms with E-state index < -0.39 is 75.5 Å². The fourth-order valence-corrected chi connectivity index (χ4v) is 3.52. The number of hydrogen-bond acceptors (Lipinski definition) is 4. The molecule has 2 amide bonds. The van der Waals surface area contributed by atoms with Crippen molar-refractivity contribution < 1.29 is 58.2 Å². The van der Waals surface area contributed by atoms with Gasteiger partial charge in [-0.3, -0.25) is 14.6 Å². The van der Waals surface area contributed by atoms with Crippen LogP contribution in [0.4, 0.5) is 55.3 Å². The first-order valence-corrected chi connectivity index (χ1v) is 10.8. The molecule has 0 aliphatic heterocycles. The highest BCUT2D eigenvalue weighted by atomic mass is 35.5. The Morgan fingerprint density at radius 2 is 1.48 bits per heavy atom. The van der Waals surface area contributed by atoms with Crippen LogP contribution in [-0.4, -0.2) is 35.8 Å². The third kappa shape index (κ3) is 6.05. The van der Waals surface area contributed by atoms with Gasteiger partial charge in [0.05, 0.1) is 16.3 Å². The first kappa shape index (κ1) is 30.5. The van der Waals surface area contributed by atoms with E-state index >= 15 is 4.39 Å². The number of pyridine rings is 1. The molecule has 3 rings (SSSR count). The Hall–Kier alpha value is -4.08. The van der Waals surface area contributed by atoms with E-state index in [2.05, 4.69) is 15.0 Å². The zero-order valence-corrected chi connectivity index (χ0v) is 19.9. The fourth-order valence-electron chi connectivity index (χ4n) is 3.26. The number of amides is 2. The number of ether oxygens (including phenoxy) is 1. The lowest BCUT2D eigenvalue weighted by Crippen LogP contribution is -2.50. The van der Waals surface area contributed by atoms with Crippen LogP contribution in [0.3, 0.4) is 0 Å². The number of aromatic nitrogens is 1. The molecule has 2 N–H and O–H groups in total. The highest BCUT2D eigenvalue weighted by Crippen LogP contribution is 2.55. The summed E-state index contributed by atoms with van der Waals surface area (Å²) in [6, 6.07) is 4.92.